The molecular weight excluding hydrogens is 1610 g/mol. The molecule has 125 heavy (non-hydrogen) atoms. The predicted octanol–water partition coefficient (Wildman–Crippen LogP) is 22.8. The Labute approximate surface area is 759 Å². The molecule has 0 aromatic carbocycles. The van der Waals surface area contributed by atoms with Crippen LogP contribution in [0.4, 0.5) is 0 Å². The first-order chi connectivity index (χ1) is 60.6. The van der Waals surface area contributed by atoms with E-state index in [1.165, 1.54) is 154 Å². The fourth-order valence-electron chi connectivity index (χ4n) is 17.4. The van der Waals surface area contributed by atoms with Crippen molar-refractivity contribution in [2.75, 3.05) is 13.2 Å². The van der Waals surface area contributed by atoms with Gasteiger partial charge in [-0.2, -0.15) is 0 Å². The molecule has 0 aromatic rings. The van der Waals surface area contributed by atoms with Gasteiger partial charge in [0.1, 0.15) is 48.7 Å². The number of hydrogen-bond acceptors (Lipinski definition) is 20. The Morgan fingerprint density at radius 2 is 0.592 bits per heavy atom. The molecular formula is C100H189N2O22P. The van der Waals surface area contributed by atoms with E-state index in [2.05, 4.69) is 52.2 Å². The van der Waals surface area contributed by atoms with Crippen LogP contribution in [0.3, 0.4) is 0 Å². The number of rotatable bonds is 88. The molecule has 2 saturated heterocycles. The number of phosphoric acid groups is 1. The Kier molecular flexibility index (Phi) is 75.6. The van der Waals surface area contributed by atoms with Crippen molar-refractivity contribution in [3.8, 4) is 0 Å². The van der Waals surface area contributed by atoms with Crippen molar-refractivity contribution in [3.63, 3.8) is 0 Å². The number of ether oxygens (including phenoxy) is 7. The van der Waals surface area contributed by atoms with E-state index in [0.29, 0.717) is 51.4 Å². The van der Waals surface area contributed by atoms with Crippen LogP contribution in [0.25, 0.3) is 0 Å². The van der Waals surface area contributed by atoms with Crippen LogP contribution in [0.2, 0.25) is 0 Å². The van der Waals surface area contributed by atoms with Gasteiger partial charge in [-0.05, 0) is 51.4 Å². The number of nitrogens with one attached hydrogen (secondary N) is 2. The molecule has 24 nitrogen and oxygen atoms in total. The lowest BCUT2D eigenvalue weighted by Crippen LogP contribution is -2.67. The highest BCUT2D eigenvalue weighted by Crippen LogP contribution is 2.42. The van der Waals surface area contributed by atoms with Crippen molar-refractivity contribution < 1.29 is 106 Å². The van der Waals surface area contributed by atoms with Gasteiger partial charge in [0.25, 0.3) is 0 Å². The number of esters is 4. The van der Waals surface area contributed by atoms with E-state index in [-0.39, 0.29) is 25.7 Å². The van der Waals surface area contributed by atoms with E-state index in [1.54, 1.807) is 0 Å². The molecule has 0 spiro atoms. The van der Waals surface area contributed by atoms with Crippen LogP contribution in [0, 0.1) is 0 Å². The van der Waals surface area contributed by atoms with E-state index in [4.69, 9.17) is 37.7 Å². The number of aliphatic hydroxyl groups is 5. The van der Waals surface area contributed by atoms with Crippen LogP contribution >= 0.6 is 7.82 Å². The first-order valence-corrected chi connectivity index (χ1v) is 53.5. The summed E-state index contributed by atoms with van der Waals surface area (Å²) in [5, 5.41) is 63.9. The molecule has 2 aliphatic heterocycles. The minimum absolute atomic E-state index is 0.133. The van der Waals surface area contributed by atoms with Crippen molar-refractivity contribution in [1.29, 1.82) is 0 Å². The highest BCUT2D eigenvalue weighted by molar-refractivity contribution is 7.46. The van der Waals surface area contributed by atoms with Gasteiger partial charge in [-0.15, -0.1) is 0 Å². The Morgan fingerprint density at radius 1 is 0.328 bits per heavy atom. The molecule has 9 N–H and O–H groups in total. The van der Waals surface area contributed by atoms with Gasteiger partial charge in [-0.25, -0.2) is 4.57 Å². The second kappa shape index (κ2) is 80.3. The van der Waals surface area contributed by atoms with Gasteiger partial charge < -0.3 is 79.1 Å². The molecule has 0 radical (unpaired) electrons. The minimum atomic E-state index is -5.65. The zero-order chi connectivity index (χ0) is 91.4. The van der Waals surface area contributed by atoms with Crippen LogP contribution in [-0.4, -0.2) is 170 Å². The van der Waals surface area contributed by atoms with Gasteiger partial charge in [0.2, 0.25) is 11.8 Å². The highest BCUT2D eigenvalue weighted by Gasteiger charge is 2.53. The predicted molar refractivity (Wildman–Crippen MR) is 497 cm³/mol. The summed E-state index contributed by atoms with van der Waals surface area (Å²) in [4.78, 5) is 107. The smallest absolute Gasteiger partial charge is 0.462 e. The Hall–Kier alpha value is -3.39. The van der Waals surface area contributed by atoms with Gasteiger partial charge in [-0.3, -0.25) is 33.3 Å². The fraction of sp³-hybridized carbons (Fsp3) is 0.940. The molecule has 0 aliphatic carbocycles. The summed E-state index contributed by atoms with van der Waals surface area (Å²) in [6.45, 7) is 11.4. The van der Waals surface area contributed by atoms with Gasteiger partial charge in [0.15, 0.2) is 24.8 Å². The number of hydrogen-bond donors (Lipinski definition) is 9. The molecule has 14 atom stereocenters. The number of amides is 2. The molecule has 2 heterocycles. The third-order valence-electron chi connectivity index (χ3n) is 25.1. The average molecular weight is 1800 g/mol. The Balaban J connectivity index is 2.65. The molecule has 2 aliphatic rings. The average Bonchev–Trinajstić information content (AvgIpc) is 0.784. The lowest BCUT2D eigenvalue weighted by molar-refractivity contribution is -0.298. The first kappa shape index (κ1) is 118. The largest absolute Gasteiger partial charge is 0.472 e. The zero-order valence-electron chi connectivity index (χ0n) is 80.1. The SMILES string of the molecule is CCCCCCCCCCCCCCCC(=O)OC(CCCCCCCCCCC)CC(=O)N[C@@H]1C(OP(=O)(O)O)OC(CO[C@@H]2OC(CO)C(O)C(OC(=O)CC(CCCCCCCCCCC)OC(=O)CCCCCCCCCCCCCCC)[C@@H]2NC(=O)CC(O)CCCCCCCCCCC)[C@@H](O)C1OC(=O)CC(O)CCCCCCCCCCC. The Morgan fingerprint density at radius 3 is 0.920 bits per heavy atom. The molecule has 2 rings (SSSR count). The van der Waals surface area contributed by atoms with Crippen molar-refractivity contribution in [3.05, 3.63) is 0 Å². The quantitative estimate of drug-likeness (QED) is 0.0118. The molecule has 0 saturated carbocycles. The van der Waals surface area contributed by atoms with Gasteiger partial charge in [-0.1, -0.05) is 414 Å². The van der Waals surface area contributed by atoms with Crippen LogP contribution in [0.5, 0.6) is 0 Å². The zero-order valence-corrected chi connectivity index (χ0v) is 81.0. The molecule has 2 fully saturated rings. The number of carbonyl (C=O) groups excluding carboxylic acids is 6. The van der Waals surface area contributed by atoms with Crippen LogP contribution < -0.4 is 10.6 Å². The first-order valence-electron chi connectivity index (χ1n) is 52.0. The lowest BCUT2D eigenvalue weighted by atomic mass is 9.95. The minimum Gasteiger partial charge on any atom is -0.462 e. The molecule has 0 bridgehead atoms. The van der Waals surface area contributed by atoms with Crippen molar-refractivity contribution in [2.45, 2.75) is 590 Å². The maximum atomic E-state index is 14.7. The standard InChI is InChI=1S/C100H189N2O22P/c1-7-13-19-25-31-37-39-41-43-49-55-61-67-73-89(108)118-83(71-65-59-53-47-35-29-23-17-11-5)77-88(107)102-94-98(122-91(110)76-82(105)70-64-58-52-46-34-28-22-16-10-4)96(113)86(121-100(94)124-125(114,115)116)80-117-99-93(101-87(106)75-81(104)69-63-57-51-45-33-27-21-15-9-3)97(95(112)85(79-103)120-99)123-92(111)78-84(72-66-60-54-48-36-30-24-18-12-6)119-90(109)74-68-62-56-50-44-42-40-38-32-26-20-14-8-2/h81-86,93-100,103-105,112-113H,7-80H2,1-6H3,(H,101,106)(H,102,107)(H2,114,115,116)/t81?,82?,83?,84?,85?,86?,93-,94-,95?,96+,97?,98?,99+,100?/m0/s1. The normalized spacial score (nSPS) is 20.1. The summed E-state index contributed by atoms with van der Waals surface area (Å²) >= 11 is 0. The fourth-order valence-corrected chi connectivity index (χ4v) is 17.8. The third kappa shape index (κ3) is 64.2. The van der Waals surface area contributed by atoms with E-state index >= 15 is 0 Å². The van der Waals surface area contributed by atoms with Gasteiger partial charge in [0, 0.05) is 12.8 Å². The number of aliphatic hydroxyl groups excluding tert-OH is 5. The third-order valence-corrected chi connectivity index (χ3v) is 25.6. The van der Waals surface area contributed by atoms with E-state index < -0.39 is 168 Å². The van der Waals surface area contributed by atoms with Crippen molar-refractivity contribution in [2.24, 2.45) is 0 Å². The number of phosphoric ester groups is 1. The van der Waals surface area contributed by atoms with Crippen molar-refractivity contribution >= 4 is 43.5 Å². The number of unbranched alkanes of at least 4 members (excludes halogenated alkanes) is 56. The van der Waals surface area contributed by atoms with Crippen molar-refractivity contribution in [1.82, 2.24) is 10.6 Å². The molecule has 10 unspecified atom stereocenters. The summed E-state index contributed by atoms with van der Waals surface area (Å²) in [5.74, 6) is -4.52. The Bertz CT molecular complexity index is 2620. The van der Waals surface area contributed by atoms with Crippen LogP contribution in [0.1, 0.15) is 504 Å². The lowest BCUT2D eigenvalue weighted by Gasteiger charge is -2.46. The maximum absolute atomic E-state index is 14.7. The summed E-state index contributed by atoms with van der Waals surface area (Å²) in [7, 11) is -5.65. The molecule has 25 heteroatoms. The van der Waals surface area contributed by atoms with Crippen LogP contribution in [-0.2, 0) is 71.0 Å². The maximum Gasteiger partial charge on any atom is 0.472 e. The van der Waals surface area contributed by atoms with E-state index in [9.17, 15) is 68.7 Å². The monoisotopic (exact) mass is 1800 g/mol. The summed E-state index contributed by atoms with van der Waals surface area (Å²) in [6.07, 6.45) is 46.4. The second-order valence-corrected chi connectivity index (χ2v) is 38.3. The molecule has 0 aromatic heterocycles. The topological polar surface area (TPSA) is 359 Å². The second-order valence-electron chi connectivity index (χ2n) is 37.1. The van der Waals surface area contributed by atoms with Crippen LogP contribution in [0.15, 0.2) is 0 Å². The summed E-state index contributed by atoms with van der Waals surface area (Å²) in [5.41, 5.74) is 0. The molecule has 736 valence electrons. The highest BCUT2D eigenvalue weighted by atomic mass is 31.2. The number of carbonyl (C=O) groups is 6. The summed E-state index contributed by atoms with van der Waals surface area (Å²) in [6, 6.07) is -3.56. The molecule has 2 amide bonds. The van der Waals surface area contributed by atoms with Gasteiger partial charge in [0.05, 0.1) is 51.1 Å². The summed E-state index contributed by atoms with van der Waals surface area (Å²) < 4.78 is 61.7. The van der Waals surface area contributed by atoms with E-state index in [0.717, 1.165) is 205 Å². The van der Waals surface area contributed by atoms with E-state index in [1.807, 2.05) is 0 Å². The van der Waals surface area contributed by atoms with Gasteiger partial charge >= 0.3 is 31.7 Å².